The minimum atomic E-state index is -1.74. The lowest BCUT2D eigenvalue weighted by Crippen LogP contribution is -2.15. The molecule has 0 radical (unpaired) electrons. The maximum absolute atomic E-state index is 13.5. The first-order valence-electron chi connectivity index (χ1n) is 5.54. The second-order valence-electron chi connectivity index (χ2n) is 3.53. The molecule has 94 valence electrons. The van der Waals surface area contributed by atoms with E-state index in [-0.39, 0.29) is 6.61 Å². The third-order valence-electron chi connectivity index (χ3n) is 2.27. The molecule has 0 fully saturated rings. The highest BCUT2D eigenvalue weighted by Gasteiger charge is 2.20. The fourth-order valence-corrected chi connectivity index (χ4v) is 2.15. The van der Waals surface area contributed by atoms with Crippen molar-refractivity contribution in [3.05, 3.63) is 36.4 Å². The molecule has 0 saturated carbocycles. The minimum Gasteiger partial charge on any atom is -0.463 e. The van der Waals surface area contributed by atoms with Crippen LogP contribution >= 0.6 is 11.8 Å². The number of esters is 1. The average molecular weight is 265 g/mol. The van der Waals surface area contributed by atoms with E-state index in [0.717, 1.165) is 22.7 Å². The van der Waals surface area contributed by atoms with Gasteiger partial charge in [0.25, 0.3) is 0 Å². The molecule has 0 amide bonds. The second kappa shape index (κ2) is 5.82. The molecule has 2 rings (SSSR count). The number of carbonyl (C=O) groups excluding carboxylic acids is 1. The Kier molecular flexibility index (Phi) is 4.15. The standard InChI is InChI=1S/C13H12FNO2S/c1-2-17-13(16)12(14)18-11-8-7-9-5-3-4-6-10(9)15-11/h3-8,12H,2H2,1H3. The highest BCUT2D eigenvalue weighted by atomic mass is 32.2. The summed E-state index contributed by atoms with van der Waals surface area (Å²) in [5.41, 5.74) is -0.961. The van der Waals surface area contributed by atoms with Gasteiger partial charge in [0.05, 0.1) is 12.1 Å². The van der Waals surface area contributed by atoms with E-state index < -0.39 is 11.5 Å². The normalized spacial score (nSPS) is 12.3. The lowest BCUT2D eigenvalue weighted by atomic mass is 10.2. The number of benzene rings is 1. The second-order valence-corrected chi connectivity index (χ2v) is 4.60. The number of halogens is 1. The van der Waals surface area contributed by atoms with Crippen LogP contribution < -0.4 is 0 Å². The molecule has 1 aromatic heterocycles. The number of hydrogen-bond acceptors (Lipinski definition) is 4. The summed E-state index contributed by atoms with van der Waals surface area (Å²) in [4.78, 5) is 15.4. The van der Waals surface area contributed by atoms with Crippen LogP contribution in [0.4, 0.5) is 4.39 Å². The lowest BCUT2D eigenvalue weighted by molar-refractivity contribution is -0.145. The molecule has 5 heteroatoms. The van der Waals surface area contributed by atoms with Gasteiger partial charge < -0.3 is 4.74 Å². The zero-order chi connectivity index (χ0) is 13.0. The number of thioether (sulfide) groups is 1. The van der Waals surface area contributed by atoms with E-state index in [0.29, 0.717) is 5.03 Å². The Labute approximate surface area is 108 Å². The minimum absolute atomic E-state index is 0.172. The molecule has 18 heavy (non-hydrogen) atoms. The zero-order valence-electron chi connectivity index (χ0n) is 9.80. The Morgan fingerprint density at radius 2 is 2.17 bits per heavy atom. The Balaban J connectivity index is 2.14. The van der Waals surface area contributed by atoms with Crippen LogP contribution in [0.15, 0.2) is 41.4 Å². The topological polar surface area (TPSA) is 39.2 Å². The van der Waals surface area contributed by atoms with Crippen molar-refractivity contribution < 1.29 is 13.9 Å². The number of aromatic nitrogens is 1. The Hall–Kier alpha value is -1.62. The van der Waals surface area contributed by atoms with Gasteiger partial charge in [0, 0.05) is 5.39 Å². The van der Waals surface area contributed by atoms with E-state index in [2.05, 4.69) is 9.72 Å². The van der Waals surface area contributed by atoms with Gasteiger partial charge in [-0.3, -0.25) is 0 Å². The summed E-state index contributed by atoms with van der Waals surface area (Å²) in [7, 11) is 0. The number of hydrogen-bond donors (Lipinski definition) is 0. The number of fused-ring (bicyclic) bond motifs is 1. The summed E-state index contributed by atoms with van der Waals surface area (Å²) in [6, 6.07) is 11.1. The summed E-state index contributed by atoms with van der Waals surface area (Å²) >= 11 is 0.754. The van der Waals surface area contributed by atoms with E-state index in [4.69, 9.17) is 0 Å². The fraction of sp³-hybridized carbons (Fsp3) is 0.231. The number of alkyl halides is 1. The van der Waals surface area contributed by atoms with Crippen LogP contribution in [0, 0.1) is 0 Å². The van der Waals surface area contributed by atoms with Gasteiger partial charge in [-0.05, 0) is 19.1 Å². The molecule has 1 aromatic carbocycles. The molecule has 0 aliphatic heterocycles. The molecule has 0 spiro atoms. The van der Waals surface area contributed by atoms with Gasteiger partial charge in [0.15, 0.2) is 0 Å². The molecule has 0 aliphatic carbocycles. The van der Waals surface area contributed by atoms with Crippen molar-refractivity contribution >= 4 is 28.6 Å². The van der Waals surface area contributed by atoms with Crippen LogP contribution in [0.5, 0.6) is 0 Å². The largest absolute Gasteiger partial charge is 0.463 e. The zero-order valence-corrected chi connectivity index (χ0v) is 10.6. The van der Waals surface area contributed by atoms with Crippen LogP contribution in [0.2, 0.25) is 0 Å². The number of para-hydroxylation sites is 1. The Bertz CT molecular complexity index is 561. The summed E-state index contributed by atoms with van der Waals surface area (Å²) in [5.74, 6) is -0.863. The first-order chi connectivity index (χ1) is 8.70. The van der Waals surface area contributed by atoms with Crippen molar-refractivity contribution in [2.24, 2.45) is 0 Å². The van der Waals surface area contributed by atoms with E-state index in [9.17, 15) is 9.18 Å². The summed E-state index contributed by atoms with van der Waals surface area (Å²) < 4.78 is 18.1. The van der Waals surface area contributed by atoms with Crippen molar-refractivity contribution in [1.29, 1.82) is 0 Å². The van der Waals surface area contributed by atoms with Gasteiger partial charge in [-0.15, -0.1) is 0 Å². The van der Waals surface area contributed by atoms with Gasteiger partial charge >= 0.3 is 5.97 Å². The predicted molar refractivity (Wildman–Crippen MR) is 69.1 cm³/mol. The Morgan fingerprint density at radius 3 is 2.94 bits per heavy atom. The van der Waals surface area contributed by atoms with Gasteiger partial charge in [-0.25, -0.2) is 14.2 Å². The molecule has 0 saturated heterocycles. The molecule has 2 aromatic rings. The van der Waals surface area contributed by atoms with Crippen molar-refractivity contribution in [2.45, 2.75) is 17.5 Å². The van der Waals surface area contributed by atoms with Gasteiger partial charge in [-0.2, -0.15) is 0 Å². The van der Waals surface area contributed by atoms with Crippen LogP contribution in [0.25, 0.3) is 10.9 Å². The summed E-state index contributed by atoms with van der Waals surface area (Å²) in [6.45, 7) is 1.81. The number of rotatable bonds is 4. The van der Waals surface area contributed by atoms with Crippen LogP contribution in [-0.2, 0) is 9.53 Å². The fourth-order valence-electron chi connectivity index (χ4n) is 1.47. The molecular formula is C13H12FNO2S. The van der Waals surface area contributed by atoms with Crippen molar-refractivity contribution in [2.75, 3.05) is 6.61 Å². The third kappa shape index (κ3) is 2.98. The van der Waals surface area contributed by atoms with Crippen molar-refractivity contribution in [1.82, 2.24) is 4.98 Å². The van der Waals surface area contributed by atoms with E-state index in [1.165, 1.54) is 0 Å². The van der Waals surface area contributed by atoms with E-state index >= 15 is 0 Å². The first-order valence-corrected chi connectivity index (χ1v) is 6.42. The average Bonchev–Trinajstić information content (AvgIpc) is 2.39. The van der Waals surface area contributed by atoms with Gasteiger partial charge in [-0.1, -0.05) is 36.0 Å². The molecule has 3 nitrogen and oxygen atoms in total. The van der Waals surface area contributed by atoms with Gasteiger partial charge in [0.1, 0.15) is 5.03 Å². The summed E-state index contributed by atoms with van der Waals surface area (Å²) in [6.07, 6.45) is 0. The number of nitrogens with zero attached hydrogens (tertiary/aromatic N) is 1. The highest BCUT2D eigenvalue weighted by molar-refractivity contribution is 8.00. The van der Waals surface area contributed by atoms with Crippen molar-refractivity contribution in [3.63, 3.8) is 0 Å². The Morgan fingerprint density at radius 1 is 1.39 bits per heavy atom. The monoisotopic (exact) mass is 265 g/mol. The van der Waals surface area contributed by atoms with E-state index in [1.54, 1.807) is 13.0 Å². The van der Waals surface area contributed by atoms with Gasteiger partial charge in [0.2, 0.25) is 5.50 Å². The quantitative estimate of drug-likeness (QED) is 0.628. The third-order valence-corrected chi connectivity index (χ3v) is 3.14. The van der Waals surface area contributed by atoms with Crippen LogP contribution in [0.3, 0.4) is 0 Å². The van der Waals surface area contributed by atoms with Crippen molar-refractivity contribution in [3.8, 4) is 0 Å². The molecule has 1 atom stereocenters. The molecule has 1 unspecified atom stereocenters. The maximum Gasteiger partial charge on any atom is 0.351 e. The number of ether oxygens (including phenoxy) is 1. The predicted octanol–water partition coefficient (Wildman–Crippen LogP) is 3.19. The molecule has 0 N–H and O–H groups in total. The molecule has 0 aliphatic rings. The number of carbonyl (C=O) groups is 1. The lowest BCUT2D eigenvalue weighted by Gasteiger charge is -2.07. The number of pyridine rings is 1. The molecular weight excluding hydrogens is 253 g/mol. The maximum atomic E-state index is 13.5. The first kappa shape index (κ1) is 12.8. The van der Waals surface area contributed by atoms with Crippen LogP contribution in [0.1, 0.15) is 6.92 Å². The SMILES string of the molecule is CCOC(=O)C(F)Sc1ccc2ccccc2n1. The van der Waals surface area contributed by atoms with E-state index in [1.807, 2.05) is 30.3 Å². The summed E-state index contributed by atoms with van der Waals surface area (Å²) in [5, 5.41) is 1.45. The van der Waals surface area contributed by atoms with Crippen LogP contribution in [-0.4, -0.2) is 23.1 Å². The highest BCUT2D eigenvalue weighted by Crippen LogP contribution is 2.25. The molecule has 1 heterocycles. The smallest absolute Gasteiger partial charge is 0.351 e. The molecule has 0 bridgehead atoms.